The highest BCUT2D eigenvalue weighted by molar-refractivity contribution is 9.08. The maximum absolute atomic E-state index is 14.4. The fourth-order valence-electron chi connectivity index (χ4n) is 16.1. The zero-order valence-electron chi connectivity index (χ0n) is 84.4. The molecule has 28 heteroatoms. The minimum atomic E-state index is -1.93. The molecule has 2 N–H and O–H groups in total. The molecular weight excluding hydrogens is 1890 g/mol. The predicted octanol–water partition coefficient (Wildman–Crippen LogP) is 28.4. The molecule has 8 atom stereocenters. The van der Waals surface area contributed by atoms with Gasteiger partial charge in [-0.05, 0) is 240 Å². The zero-order valence-corrected chi connectivity index (χ0v) is 91.3. The molecule has 0 saturated carbocycles. The summed E-state index contributed by atoms with van der Waals surface area (Å²) in [7, 11) is -1.04. The predicted molar refractivity (Wildman–Crippen MR) is 565 cm³/mol. The molecule has 4 fully saturated rings. The standard InChI is InChI=1S/C30H45NO5SSi.C23H30FNO2S.C23H31NO3S.C23H39NO3Si.C7H7BrO2S.C2H3N/c1-8-9-10-11-26(36-38(6,7)30(2,3)4)23-12-14-24(15-13-23)31-25(16-17-28(31)32)20-35-19-22-18-27(37-21-22)29(33)34-5;1-3-4-5-6-22(24)19-7-9-20(10-8-19)25-21(11-12-23(25)26)15-27-14-18-13-17(2)28-16-18;1-3-4-5-6-22(25)19-7-9-20(10-8-19)24-21(11-12-23(24)26)15-27-14-18-13-17(2)28-16-18;1-7-8-9-10-21(27-28(5,6)23(2,3)4)18-11-13-19(14-12-18)24-20(17-25)15-16-22(24)26;1-10-7(9)6-2-5(3-8)4-11-6;1-2-3/h12-15,18,21,25-26H,8-11,16-17,19-20H2,1-7H3;7-10,13,16,21-22H,3-6,11-12,14-15H2,1-2H3;7-10,13,16,21-22,25H,3-6,11-12,14-15H2,1-2H3;11-14,20-21,25H,7-10,15-17H2,1-6H3;2,4H,3H2,1H3;1H3/t25-,26?;2*21-,22?;20-,21?;;/m1111../s1. The summed E-state index contributed by atoms with van der Waals surface area (Å²) in [6.07, 6.45) is 21.0. The second-order valence-corrected chi connectivity index (χ2v) is 52.9. The van der Waals surface area contributed by atoms with Crippen LogP contribution in [0.1, 0.15) is 328 Å². The minimum Gasteiger partial charge on any atom is -0.465 e. The molecule has 4 aromatic heterocycles. The van der Waals surface area contributed by atoms with Crippen LogP contribution >= 0.6 is 61.3 Å². The number of hydrogen-bond acceptors (Lipinski definition) is 20. The summed E-state index contributed by atoms with van der Waals surface area (Å²) >= 11 is 9.50. The Morgan fingerprint density at radius 1 is 0.463 bits per heavy atom. The number of benzene rings is 4. The maximum atomic E-state index is 14.4. The second-order valence-electron chi connectivity index (χ2n) is 38.7. The van der Waals surface area contributed by atoms with Crippen molar-refractivity contribution in [1.29, 1.82) is 5.26 Å². The molecule has 4 saturated heterocycles. The van der Waals surface area contributed by atoms with Crippen molar-refractivity contribution < 1.29 is 75.9 Å². The topological polar surface area (TPSA) is 244 Å². The summed E-state index contributed by atoms with van der Waals surface area (Å²) in [6, 6.07) is 41.5. The highest BCUT2D eigenvalue weighted by Gasteiger charge is 2.42. The Labute approximate surface area is 838 Å². The second kappa shape index (κ2) is 58.7. The lowest BCUT2D eigenvalue weighted by atomic mass is 10.0. The third-order valence-corrected chi connectivity index (χ3v) is 39.4. The third kappa shape index (κ3) is 36.3. The van der Waals surface area contributed by atoms with Gasteiger partial charge in [0.25, 0.3) is 0 Å². The number of nitriles is 1. The van der Waals surface area contributed by atoms with Crippen molar-refractivity contribution in [2.24, 2.45) is 0 Å². The molecule has 748 valence electrons. The highest BCUT2D eigenvalue weighted by atomic mass is 79.9. The number of carbonyl (C=O) groups excluding carboxylic acids is 6. The first-order valence-corrected chi connectivity index (χ1v) is 59.3. The smallest absolute Gasteiger partial charge is 0.348 e. The number of rotatable bonds is 44. The maximum Gasteiger partial charge on any atom is 0.348 e. The molecule has 8 aromatic rings. The Hall–Kier alpha value is -7.45. The molecule has 4 unspecified atom stereocenters. The van der Waals surface area contributed by atoms with Crippen molar-refractivity contribution in [3.8, 4) is 6.07 Å². The number of unbranched alkanes of at least 4 members (excludes halogenated alkanes) is 8. The number of methoxy groups -OCH3 is 2. The van der Waals surface area contributed by atoms with E-state index in [0.717, 1.165) is 141 Å². The number of anilines is 4. The normalized spacial score (nSPS) is 17.0. The third-order valence-electron chi connectivity index (χ3n) is 26.0. The number of alkyl halides is 2. The van der Waals surface area contributed by atoms with Crippen molar-refractivity contribution in [3.05, 3.63) is 207 Å². The van der Waals surface area contributed by atoms with Gasteiger partial charge in [-0.2, -0.15) is 5.26 Å². The summed E-state index contributed by atoms with van der Waals surface area (Å²) in [6.45, 7) is 40.4. The number of hydrogen-bond donors (Lipinski definition) is 2. The van der Waals surface area contributed by atoms with E-state index in [2.05, 4.69) is 189 Å². The van der Waals surface area contributed by atoms with Crippen LogP contribution in [0.5, 0.6) is 0 Å². The van der Waals surface area contributed by atoms with Gasteiger partial charge in [0.1, 0.15) is 15.9 Å². The molecular formula is C108H155BrFN5O15S4Si2. The fraction of sp³-hybridized carbons (Fsp3) is 0.565. The Morgan fingerprint density at radius 3 is 1.07 bits per heavy atom. The van der Waals surface area contributed by atoms with Crippen molar-refractivity contribution in [2.45, 2.75) is 354 Å². The zero-order chi connectivity index (χ0) is 99.7. The number of carbonyl (C=O) groups is 6. The van der Waals surface area contributed by atoms with E-state index in [1.165, 1.54) is 102 Å². The molecule has 0 aliphatic carbocycles. The van der Waals surface area contributed by atoms with E-state index in [1.54, 1.807) is 39.7 Å². The highest BCUT2D eigenvalue weighted by Crippen LogP contribution is 2.45. The SMILES string of the molecule is CC#N.CCCCCC(F)c1ccc(N2C(=O)CC[C@@H]2COCc2csc(C)c2)cc1.CCCCCC(O)c1ccc(N2C(=O)CC[C@@H]2COCc2csc(C)c2)cc1.CCCCCC(O[Si](C)(C)C(C)(C)C)c1ccc(N2C(=O)CC[C@@H]2CO)cc1.CCCCCC(O[Si](C)(C)C(C)(C)C)c1ccc(N2C(=O)CC[C@@H]2COCc2csc(C(=O)OC)c2)cc1.COC(=O)c1cc(CBr)cs1. The van der Waals surface area contributed by atoms with Crippen molar-refractivity contribution in [2.75, 3.05) is 60.2 Å². The molecule has 4 amide bonds. The van der Waals surface area contributed by atoms with Crippen LogP contribution in [-0.2, 0) is 76.9 Å². The molecule has 12 rings (SSSR count). The summed E-state index contributed by atoms with van der Waals surface area (Å²) in [5.41, 5.74) is 11.9. The van der Waals surface area contributed by atoms with Gasteiger partial charge in [-0.15, -0.1) is 45.3 Å². The van der Waals surface area contributed by atoms with Crippen LogP contribution in [0, 0.1) is 25.2 Å². The van der Waals surface area contributed by atoms with Gasteiger partial charge in [-0.25, -0.2) is 14.0 Å². The van der Waals surface area contributed by atoms with Gasteiger partial charge in [-0.1, -0.05) is 211 Å². The fourth-order valence-corrected chi connectivity index (χ4v) is 22.3. The van der Waals surface area contributed by atoms with E-state index in [0.29, 0.717) is 87.1 Å². The first-order valence-electron chi connectivity index (χ1n) is 48.9. The molecule has 0 radical (unpaired) electrons. The van der Waals surface area contributed by atoms with E-state index >= 15 is 0 Å². The number of aryl methyl sites for hydroxylation is 2. The molecule has 0 spiro atoms. The average molecular weight is 2050 g/mol. The van der Waals surface area contributed by atoms with Gasteiger partial charge < -0.3 is 62.3 Å². The van der Waals surface area contributed by atoms with Crippen LogP contribution in [0.3, 0.4) is 0 Å². The lowest BCUT2D eigenvalue weighted by Crippen LogP contribution is -2.41. The van der Waals surface area contributed by atoms with Crippen molar-refractivity contribution in [1.82, 2.24) is 0 Å². The molecule has 0 bridgehead atoms. The minimum absolute atomic E-state index is 0.00380. The summed E-state index contributed by atoms with van der Waals surface area (Å²) < 4.78 is 55.1. The van der Waals surface area contributed by atoms with E-state index in [4.69, 9.17) is 33.1 Å². The first-order chi connectivity index (χ1) is 64.9. The summed E-state index contributed by atoms with van der Waals surface area (Å²) in [5.74, 6) is -0.0961. The van der Waals surface area contributed by atoms with Crippen LogP contribution < -0.4 is 19.6 Å². The number of nitrogens with zero attached hydrogens (tertiary/aromatic N) is 5. The van der Waals surface area contributed by atoms with Crippen LogP contribution in [0.15, 0.2) is 143 Å². The number of aliphatic hydroxyl groups is 2. The molecule has 4 aliphatic heterocycles. The van der Waals surface area contributed by atoms with E-state index in [9.17, 15) is 43.4 Å². The first kappa shape index (κ1) is 116. The Morgan fingerprint density at radius 2 is 0.757 bits per heavy atom. The quantitative estimate of drug-likeness (QED) is 0.0156. The number of esters is 2. The summed E-state index contributed by atoms with van der Waals surface area (Å²) in [4.78, 5) is 83.6. The molecule has 4 aromatic carbocycles. The van der Waals surface area contributed by atoms with E-state index < -0.39 is 28.9 Å². The van der Waals surface area contributed by atoms with Crippen LogP contribution in [0.4, 0.5) is 27.1 Å². The van der Waals surface area contributed by atoms with Gasteiger partial charge in [0, 0.05) is 70.4 Å². The van der Waals surface area contributed by atoms with Crippen LogP contribution in [0.2, 0.25) is 36.3 Å². The average Bonchev–Trinajstić information content (AvgIpc) is 1.41. The summed E-state index contributed by atoms with van der Waals surface area (Å²) in [5, 5.41) is 36.4. The monoisotopic (exact) mass is 2040 g/mol. The number of thiophene rings is 4. The van der Waals surface area contributed by atoms with Gasteiger partial charge in [-0.3, -0.25) is 19.2 Å². The van der Waals surface area contributed by atoms with Crippen LogP contribution in [-0.4, -0.2) is 127 Å². The lowest BCUT2D eigenvalue weighted by Gasteiger charge is -2.39. The Balaban J connectivity index is 0.000000237. The Kier molecular flexibility index (Phi) is 49.9. The number of halogens is 2. The van der Waals surface area contributed by atoms with Crippen LogP contribution in [0.25, 0.3) is 0 Å². The van der Waals surface area contributed by atoms with Crippen molar-refractivity contribution >= 4 is 136 Å². The van der Waals surface area contributed by atoms with Gasteiger partial charge in [0.15, 0.2) is 16.6 Å². The molecule has 4 aliphatic rings. The largest absolute Gasteiger partial charge is 0.465 e. The van der Waals surface area contributed by atoms with Gasteiger partial charge >= 0.3 is 11.9 Å². The lowest BCUT2D eigenvalue weighted by molar-refractivity contribution is -0.118. The molecule has 136 heavy (non-hydrogen) atoms. The number of amides is 4. The number of aliphatic hydroxyl groups excluding tert-OH is 2. The van der Waals surface area contributed by atoms with Gasteiger partial charge in [0.05, 0.1) is 109 Å². The molecule has 8 heterocycles. The Bertz CT molecular complexity index is 4800. The van der Waals surface area contributed by atoms with Crippen molar-refractivity contribution in [3.63, 3.8) is 0 Å². The van der Waals surface area contributed by atoms with E-state index in [1.807, 2.05) is 92.2 Å². The van der Waals surface area contributed by atoms with Gasteiger partial charge in [0.2, 0.25) is 23.6 Å². The number of ether oxygens (including phenoxy) is 5. The molecule has 20 nitrogen and oxygen atoms in total. The van der Waals surface area contributed by atoms with E-state index in [-0.39, 0.29) is 88.6 Å².